The lowest BCUT2D eigenvalue weighted by molar-refractivity contribution is -0.135. The number of ether oxygens (including phenoxy) is 1. The zero-order chi connectivity index (χ0) is 22.7. The minimum absolute atomic E-state index is 0.152. The largest absolute Gasteiger partial charge is 0.493 e. The highest BCUT2D eigenvalue weighted by Gasteiger charge is 2.25. The van der Waals surface area contributed by atoms with Crippen LogP contribution >= 0.6 is 0 Å². The molecule has 0 unspecified atom stereocenters. The van der Waals surface area contributed by atoms with Crippen molar-refractivity contribution in [3.63, 3.8) is 0 Å². The third-order valence-electron chi connectivity index (χ3n) is 5.55. The lowest BCUT2D eigenvalue weighted by Crippen LogP contribution is -2.01. The molecule has 0 fully saturated rings. The number of carbonyl (C=O) groups is 1. The summed E-state index contributed by atoms with van der Waals surface area (Å²) in [6, 6.07) is 18.4. The highest BCUT2D eigenvalue weighted by Crippen LogP contribution is 2.43. The molecule has 0 saturated heterocycles. The van der Waals surface area contributed by atoms with E-state index in [4.69, 9.17) is 4.74 Å². The summed E-state index contributed by atoms with van der Waals surface area (Å²) < 4.78 is 32.6. The van der Waals surface area contributed by atoms with Crippen LogP contribution in [-0.2, 0) is 11.2 Å². The number of hydrogen-bond donors (Lipinski definition) is 1. The molecule has 32 heavy (non-hydrogen) atoms. The van der Waals surface area contributed by atoms with Gasteiger partial charge in [-0.2, -0.15) is 0 Å². The fraction of sp³-hybridized carbons (Fsp3) is 0.148. The quantitative estimate of drug-likeness (QED) is 0.471. The number of allylic oxidation sites excluding steroid dienone is 2. The van der Waals surface area contributed by atoms with E-state index in [1.807, 2.05) is 37.3 Å². The van der Waals surface area contributed by atoms with Crippen LogP contribution in [-0.4, -0.2) is 17.7 Å². The van der Waals surface area contributed by atoms with Crippen molar-refractivity contribution in [2.75, 3.05) is 6.61 Å². The van der Waals surface area contributed by atoms with Crippen molar-refractivity contribution < 1.29 is 23.4 Å². The lowest BCUT2D eigenvalue weighted by Gasteiger charge is -2.08. The van der Waals surface area contributed by atoms with Crippen molar-refractivity contribution in [2.24, 2.45) is 0 Å². The van der Waals surface area contributed by atoms with Gasteiger partial charge in [0.2, 0.25) is 0 Å². The summed E-state index contributed by atoms with van der Waals surface area (Å²) in [5.74, 6) is -0.864. The molecular formula is C27H22F2O3. The second-order valence-electron chi connectivity index (χ2n) is 7.72. The van der Waals surface area contributed by atoms with Crippen LogP contribution in [0.15, 0.2) is 72.3 Å². The molecule has 3 aromatic rings. The molecule has 3 nitrogen and oxygen atoms in total. The first-order valence-electron chi connectivity index (χ1n) is 10.3. The third kappa shape index (κ3) is 4.78. The predicted octanol–water partition coefficient (Wildman–Crippen LogP) is 6.39. The molecule has 0 aliphatic heterocycles. The number of benzene rings is 3. The highest BCUT2D eigenvalue weighted by atomic mass is 19.1. The molecule has 0 saturated carbocycles. The summed E-state index contributed by atoms with van der Waals surface area (Å²) in [7, 11) is 0. The Labute approximate surface area is 185 Å². The first kappa shape index (κ1) is 21.5. The molecule has 5 heteroatoms. The molecule has 0 spiro atoms. The maximum absolute atomic E-state index is 13.8. The molecule has 162 valence electrons. The Bertz CT molecular complexity index is 1210. The molecule has 3 aromatic carbocycles. The number of carboxylic acid groups (broad SMARTS) is 1. The molecular weight excluding hydrogens is 410 g/mol. The van der Waals surface area contributed by atoms with E-state index < -0.39 is 5.97 Å². The number of aliphatic carboxylic acids is 1. The molecule has 0 aromatic heterocycles. The van der Waals surface area contributed by atoms with E-state index in [0.717, 1.165) is 33.6 Å². The van der Waals surface area contributed by atoms with Gasteiger partial charge >= 0.3 is 5.97 Å². The highest BCUT2D eigenvalue weighted by molar-refractivity contribution is 6.07. The fourth-order valence-corrected chi connectivity index (χ4v) is 3.90. The first-order chi connectivity index (χ1) is 15.4. The summed E-state index contributed by atoms with van der Waals surface area (Å²) >= 11 is 0. The molecule has 0 amide bonds. The first-order valence-corrected chi connectivity index (χ1v) is 10.3. The fourth-order valence-electron chi connectivity index (χ4n) is 3.90. The lowest BCUT2D eigenvalue weighted by atomic mass is 10.0. The second-order valence-corrected chi connectivity index (χ2v) is 7.72. The van der Waals surface area contributed by atoms with Crippen LogP contribution in [0.25, 0.3) is 17.2 Å². The van der Waals surface area contributed by atoms with E-state index in [1.54, 1.807) is 18.2 Å². The summed E-state index contributed by atoms with van der Waals surface area (Å²) in [5.41, 5.74) is 5.77. The average molecular weight is 432 g/mol. The molecule has 0 heterocycles. The van der Waals surface area contributed by atoms with Crippen LogP contribution in [0.4, 0.5) is 8.78 Å². The van der Waals surface area contributed by atoms with Gasteiger partial charge in [0.05, 0.1) is 13.0 Å². The van der Waals surface area contributed by atoms with Crippen molar-refractivity contribution in [2.45, 2.75) is 19.8 Å². The van der Waals surface area contributed by atoms with Crippen LogP contribution < -0.4 is 4.74 Å². The van der Waals surface area contributed by atoms with Crippen LogP contribution in [0, 0.1) is 11.6 Å². The van der Waals surface area contributed by atoms with Gasteiger partial charge in [0.25, 0.3) is 0 Å². The van der Waals surface area contributed by atoms with Crippen LogP contribution in [0.2, 0.25) is 0 Å². The topological polar surface area (TPSA) is 46.5 Å². The Kier molecular flexibility index (Phi) is 6.17. The van der Waals surface area contributed by atoms with Gasteiger partial charge < -0.3 is 9.84 Å². The van der Waals surface area contributed by atoms with Gasteiger partial charge in [-0.05, 0) is 88.4 Å². The van der Waals surface area contributed by atoms with Crippen molar-refractivity contribution in [1.29, 1.82) is 0 Å². The van der Waals surface area contributed by atoms with E-state index >= 15 is 0 Å². The SMILES string of the molecule is CC1=C(CC(=O)O)c2cc(F)ccc2/C1=C\c1ccc(OCCc2ccc(F)cc2)cc1. The van der Waals surface area contributed by atoms with Gasteiger partial charge in [-0.3, -0.25) is 4.79 Å². The third-order valence-corrected chi connectivity index (χ3v) is 5.55. The maximum Gasteiger partial charge on any atom is 0.307 e. The Hall–Kier alpha value is -3.73. The van der Waals surface area contributed by atoms with Gasteiger partial charge in [-0.1, -0.05) is 30.3 Å². The van der Waals surface area contributed by atoms with E-state index in [0.29, 0.717) is 24.2 Å². The van der Waals surface area contributed by atoms with Crippen LogP contribution in [0.5, 0.6) is 5.75 Å². The summed E-state index contributed by atoms with van der Waals surface area (Å²) in [5, 5.41) is 9.27. The standard InChI is InChI=1S/C27H22F2O3/c1-17-24(23-11-8-21(29)15-26(23)25(17)16-27(30)31)14-19-4-9-22(10-5-19)32-13-12-18-2-6-20(28)7-3-18/h2-11,14-15H,12-13,16H2,1H3,(H,30,31)/b24-14-. The van der Waals surface area contributed by atoms with Crippen molar-refractivity contribution in [3.8, 4) is 5.75 Å². The minimum atomic E-state index is -0.946. The Balaban J connectivity index is 1.50. The molecule has 1 aliphatic rings. The number of rotatable bonds is 7. The van der Waals surface area contributed by atoms with Crippen molar-refractivity contribution in [3.05, 3.63) is 106 Å². The zero-order valence-electron chi connectivity index (χ0n) is 17.6. The van der Waals surface area contributed by atoms with E-state index in [-0.39, 0.29) is 18.1 Å². The summed E-state index contributed by atoms with van der Waals surface area (Å²) in [6.07, 6.45) is 2.50. The number of hydrogen-bond acceptors (Lipinski definition) is 2. The number of fused-ring (bicyclic) bond motifs is 1. The van der Waals surface area contributed by atoms with Crippen molar-refractivity contribution in [1.82, 2.24) is 0 Å². The van der Waals surface area contributed by atoms with E-state index in [1.165, 1.54) is 24.3 Å². The summed E-state index contributed by atoms with van der Waals surface area (Å²) in [4.78, 5) is 11.3. The summed E-state index contributed by atoms with van der Waals surface area (Å²) in [6.45, 7) is 2.35. The monoisotopic (exact) mass is 432 g/mol. The van der Waals surface area contributed by atoms with E-state index in [2.05, 4.69) is 0 Å². The molecule has 0 bridgehead atoms. The van der Waals surface area contributed by atoms with Gasteiger partial charge in [-0.25, -0.2) is 8.78 Å². The van der Waals surface area contributed by atoms with Gasteiger partial charge in [0.1, 0.15) is 17.4 Å². The molecule has 0 atom stereocenters. The normalized spacial score (nSPS) is 14.0. The van der Waals surface area contributed by atoms with E-state index in [9.17, 15) is 18.7 Å². The van der Waals surface area contributed by atoms with Crippen LogP contribution in [0.1, 0.15) is 35.6 Å². The minimum Gasteiger partial charge on any atom is -0.493 e. The van der Waals surface area contributed by atoms with Crippen molar-refractivity contribution >= 4 is 23.2 Å². The zero-order valence-corrected chi connectivity index (χ0v) is 17.6. The number of carboxylic acids is 1. The smallest absolute Gasteiger partial charge is 0.307 e. The second kappa shape index (κ2) is 9.18. The predicted molar refractivity (Wildman–Crippen MR) is 121 cm³/mol. The molecule has 4 rings (SSSR count). The Morgan fingerprint density at radius 3 is 2.31 bits per heavy atom. The Morgan fingerprint density at radius 2 is 1.62 bits per heavy atom. The maximum atomic E-state index is 13.8. The van der Waals surface area contributed by atoms with Crippen LogP contribution in [0.3, 0.4) is 0 Å². The van der Waals surface area contributed by atoms with Gasteiger partial charge in [0, 0.05) is 6.42 Å². The van der Waals surface area contributed by atoms with Gasteiger partial charge in [-0.15, -0.1) is 0 Å². The molecule has 1 N–H and O–H groups in total. The molecule has 1 aliphatic carbocycles. The van der Waals surface area contributed by atoms with Gasteiger partial charge in [0.15, 0.2) is 0 Å². The number of halogens is 2. The molecule has 0 radical (unpaired) electrons. The Morgan fingerprint density at radius 1 is 0.938 bits per heavy atom. The average Bonchev–Trinajstić information content (AvgIpc) is 3.01.